The maximum Gasteiger partial charge on any atom is 0.232 e. The Kier molecular flexibility index (Phi) is 7.25. The van der Waals surface area contributed by atoms with E-state index >= 15 is 0 Å². The van der Waals surface area contributed by atoms with Gasteiger partial charge in [-0.05, 0) is 57.4 Å². The van der Waals surface area contributed by atoms with Crippen LogP contribution in [-0.4, -0.2) is 49.3 Å². The van der Waals surface area contributed by atoms with Crippen LogP contribution in [0.3, 0.4) is 0 Å². The highest BCUT2D eigenvalue weighted by Gasteiger charge is 2.34. The number of hydrogen-bond donors (Lipinski definition) is 0. The summed E-state index contributed by atoms with van der Waals surface area (Å²) in [5.74, 6) is 0.684. The highest BCUT2D eigenvalue weighted by molar-refractivity contribution is 5.81. The van der Waals surface area contributed by atoms with E-state index < -0.39 is 0 Å². The fourth-order valence-electron chi connectivity index (χ4n) is 3.48. The molecule has 1 aromatic carbocycles. The van der Waals surface area contributed by atoms with Crippen LogP contribution in [0.1, 0.15) is 38.7 Å². The van der Waals surface area contributed by atoms with E-state index in [1.54, 1.807) is 19.2 Å². The molecule has 3 rings (SSSR count). The summed E-state index contributed by atoms with van der Waals surface area (Å²) in [5, 5.41) is 4.30. The fraction of sp³-hybridized carbons (Fsp3) is 0.545. The number of nitrogens with zero attached hydrogens (tertiary/aromatic N) is 3. The molecular weight excluding hydrogens is 373 g/mol. The number of amides is 1. The Morgan fingerprint density at radius 2 is 1.93 bits per heavy atom. The zero-order valence-electron chi connectivity index (χ0n) is 17.5. The first-order valence-electron chi connectivity index (χ1n) is 10.4. The number of anilines is 1. The third kappa shape index (κ3) is 5.15. The summed E-state index contributed by atoms with van der Waals surface area (Å²) >= 11 is 0. The summed E-state index contributed by atoms with van der Waals surface area (Å²) < 4.78 is 24.3. The molecule has 0 atom stereocenters. The first-order chi connectivity index (χ1) is 14.1. The Morgan fingerprint density at radius 1 is 1.24 bits per heavy atom. The van der Waals surface area contributed by atoms with Gasteiger partial charge in [-0.1, -0.05) is 5.16 Å². The molecular formula is C22H30FN3O3. The first-order valence-corrected chi connectivity index (χ1v) is 10.4. The van der Waals surface area contributed by atoms with Crippen LogP contribution >= 0.6 is 0 Å². The largest absolute Gasteiger partial charge is 0.385 e. The van der Waals surface area contributed by atoms with Crippen molar-refractivity contribution in [3.05, 3.63) is 35.6 Å². The molecule has 0 spiro atoms. The van der Waals surface area contributed by atoms with Gasteiger partial charge in [0, 0.05) is 44.8 Å². The van der Waals surface area contributed by atoms with Gasteiger partial charge in [-0.15, -0.1) is 0 Å². The van der Waals surface area contributed by atoms with Gasteiger partial charge in [0.15, 0.2) is 0 Å². The van der Waals surface area contributed by atoms with Gasteiger partial charge in [0.05, 0.1) is 12.1 Å². The van der Waals surface area contributed by atoms with E-state index in [-0.39, 0.29) is 17.6 Å². The normalized spacial score (nSPS) is 13.5. The van der Waals surface area contributed by atoms with Crippen LogP contribution in [0.2, 0.25) is 0 Å². The number of aromatic nitrogens is 1. The molecule has 0 aliphatic heterocycles. The Bertz CT molecular complexity index is 798. The highest BCUT2D eigenvalue weighted by Crippen LogP contribution is 2.35. The minimum atomic E-state index is -0.298. The molecule has 1 saturated carbocycles. The summed E-state index contributed by atoms with van der Waals surface area (Å²) in [5.41, 5.74) is 2.30. The number of methoxy groups -OCH3 is 1. The molecule has 2 aromatic rings. The standard InChI is InChI=1S/C22H30FN3O3/c1-4-25(5-2)22-19(20(24-29-22)16-9-11-18(23)12-10-16)15-26(13-6-14-28-3)21(27)17-7-8-17/h9-12,17H,4-8,13-15H2,1-3H3. The van der Waals surface area contributed by atoms with Crippen molar-refractivity contribution < 1.29 is 18.4 Å². The van der Waals surface area contributed by atoms with Crippen LogP contribution in [0.25, 0.3) is 11.3 Å². The van der Waals surface area contributed by atoms with Crippen molar-refractivity contribution in [2.24, 2.45) is 5.92 Å². The van der Waals surface area contributed by atoms with E-state index in [1.165, 1.54) is 12.1 Å². The van der Waals surface area contributed by atoms with E-state index in [2.05, 4.69) is 23.9 Å². The summed E-state index contributed by atoms with van der Waals surface area (Å²) in [6.45, 7) is 7.28. The topological polar surface area (TPSA) is 58.8 Å². The van der Waals surface area contributed by atoms with Gasteiger partial charge in [-0.25, -0.2) is 4.39 Å². The molecule has 1 fully saturated rings. The zero-order valence-corrected chi connectivity index (χ0v) is 17.5. The third-order valence-corrected chi connectivity index (χ3v) is 5.30. The molecule has 158 valence electrons. The van der Waals surface area contributed by atoms with Crippen molar-refractivity contribution in [2.75, 3.05) is 38.3 Å². The molecule has 0 bridgehead atoms. The fourth-order valence-corrected chi connectivity index (χ4v) is 3.48. The lowest BCUT2D eigenvalue weighted by Crippen LogP contribution is -2.34. The van der Waals surface area contributed by atoms with E-state index in [0.717, 1.165) is 43.5 Å². The Morgan fingerprint density at radius 3 is 2.52 bits per heavy atom. The van der Waals surface area contributed by atoms with Gasteiger partial charge in [-0.2, -0.15) is 0 Å². The lowest BCUT2D eigenvalue weighted by molar-refractivity contribution is -0.133. The molecule has 6 nitrogen and oxygen atoms in total. The summed E-state index contributed by atoms with van der Waals surface area (Å²) in [4.78, 5) is 16.9. The van der Waals surface area contributed by atoms with Crippen molar-refractivity contribution in [3.8, 4) is 11.3 Å². The maximum absolute atomic E-state index is 13.4. The molecule has 1 aliphatic rings. The van der Waals surface area contributed by atoms with Crippen LogP contribution in [0.5, 0.6) is 0 Å². The van der Waals surface area contributed by atoms with Crippen LogP contribution < -0.4 is 4.90 Å². The van der Waals surface area contributed by atoms with Gasteiger partial charge >= 0.3 is 0 Å². The number of benzene rings is 1. The number of rotatable bonds is 11. The molecule has 0 saturated heterocycles. The smallest absolute Gasteiger partial charge is 0.232 e. The minimum absolute atomic E-state index is 0.128. The molecule has 7 heteroatoms. The Hall–Kier alpha value is -2.41. The van der Waals surface area contributed by atoms with Crippen LogP contribution in [0.15, 0.2) is 28.8 Å². The van der Waals surface area contributed by atoms with Gasteiger partial charge in [0.25, 0.3) is 0 Å². The molecule has 0 radical (unpaired) electrons. The SMILES string of the molecule is CCN(CC)c1onc(-c2ccc(F)cc2)c1CN(CCCOC)C(=O)C1CC1. The van der Waals surface area contributed by atoms with E-state index in [9.17, 15) is 9.18 Å². The maximum atomic E-state index is 13.4. The van der Waals surface area contributed by atoms with Crippen LogP contribution in [-0.2, 0) is 16.1 Å². The minimum Gasteiger partial charge on any atom is -0.385 e. The summed E-state index contributed by atoms with van der Waals surface area (Å²) in [6.07, 6.45) is 2.68. The second kappa shape index (κ2) is 9.87. The third-order valence-electron chi connectivity index (χ3n) is 5.30. The molecule has 1 amide bonds. The van der Waals surface area contributed by atoms with Gasteiger partial charge in [0.2, 0.25) is 11.8 Å². The average molecular weight is 403 g/mol. The Labute approximate surface area is 171 Å². The van der Waals surface area contributed by atoms with Crippen molar-refractivity contribution >= 4 is 11.8 Å². The second-order valence-corrected chi connectivity index (χ2v) is 7.37. The van der Waals surface area contributed by atoms with E-state index in [4.69, 9.17) is 9.26 Å². The lowest BCUT2D eigenvalue weighted by Gasteiger charge is -2.25. The van der Waals surface area contributed by atoms with Crippen LogP contribution in [0, 0.1) is 11.7 Å². The molecule has 0 unspecified atom stereocenters. The lowest BCUT2D eigenvalue weighted by atomic mass is 10.1. The quantitative estimate of drug-likeness (QED) is 0.529. The first kappa shape index (κ1) is 21.3. The molecule has 1 aliphatic carbocycles. The predicted molar refractivity (Wildman–Crippen MR) is 110 cm³/mol. The summed E-state index contributed by atoms with van der Waals surface area (Å²) in [6, 6.07) is 6.22. The summed E-state index contributed by atoms with van der Waals surface area (Å²) in [7, 11) is 1.66. The number of ether oxygens (including phenoxy) is 1. The molecule has 1 heterocycles. The average Bonchev–Trinajstić information content (AvgIpc) is 3.50. The van der Waals surface area contributed by atoms with Crippen molar-refractivity contribution in [2.45, 2.75) is 39.7 Å². The van der Waals surface area contributed by atoms with Gasteiger partial charge in [0.1, 0.15) is 11.5 Å². The molecule has 29 heavy (non-hydrogen) atoms. The van der Waals surface area contributed by atoms with Crippen LogP contribution in [0.4, 0.5) is 10.3 Å². The number of halogens is 1. The number of carbonyl (C=O) groups is 1. The van der Waals surface area contributed by atoms with Crippen molar-refractivity contribution in [3.63, 3.8) is 0 Å². The highest BCUT2D eigenvalue weighted by atomic mass is 19.1. The van der Waals surface area contributed by atoms with E-state index in [1.807, 2.05) is 4.90 Å². The molecule has 1 aromatic heterocycles. The predicted octanol–water partition coefficient (Wildman–Crippen LogP) is 4.10. The molecule has 0 N–H and O–H groups in total. The number of carbonyl (C=O) groups excluding carboxylic acids is 1. The Balaban J connectivity index is 1.95. The van der Waals surface area contributed by atoms with Crippen molar-refractivity contribution in [1.29, 1.82) is 0 Å². The second-order valence-electron chi connectivity index (χ2n) is 7.37. The van der Waals surface area contributed by atoms with Gasteiger partial charge in [-0.3, -0.25) is 4.79 Å². The van der Waals surface area contributed by atoms with Crippen molar-refractivity contribution in [1.82, 2.24) is 10.1 Å². The monoisotopic (exact) mass is 403 g/mol. The zero-order chi connectivity index (χ0) is 20.8. The number of hydrogen-bond acceptors (Lipinski definition) is 5. The van der Waals surface area contributed by atoms with E-state index in [0.29, 0.717) is 31.3 Å². The van der Waals surface area contributed by atoms with Gasteiger partial charge < -0.3 is 19.1 Å².